The number of fused-ring (bicyclic) bond motifs is 1. The Bertz CT molecular complexity index is 842. The topological polar surface area (TPSA) is 57.8 Å². The van der Waals surface area contributed by atoms with E-state index in [4.69, 9.17) is 23.2 Å². The third-order valence-corrected chi connectivity index (χ3v) is 4.03. The number of rotatable bonds is 2. The predicted octanol–water partition coefficient (Wildman–Crippen LogP) is 4.43. The molecular weight excluding hydrogens is 309 g/mol. The molecule has 0 saturated carbocycles. The highest BCUT2D eigenvalue weighted by Crippen LogP contribution is 2.33. The molecule has 0 radical (unpaired) electrons. The van der Waals surface area contributed by atoms with Crippen LogP contribution in [0.1, 0.15) is 15.9 Å². The maximum atomic E-state index is 12.3. The van der Waals surface area contributed by atoms with Crippen molar-refractivity contribution < 1.29 is 4.79 Å². The highest BCUT2D eigenvalue weighted by atomic mass is 35.5. The van der Waals surface area contributed by atoms with Crippen molar-refractivity contribution in [2.24, 2.45) is 0 Å². The van der Waals surface area contributed by atoms with Gasteiger partial charge in [-0.05, 0) is 30.7 Å². The van der Waals surface area contributed by atoms with Crippen LogP contribution in [-0.4, -0.2) is 16.1 Å². The largest absolute Gasteiger partial charge is 0.319 e. The van der Waals surface area contributed by atoms with E-state index in [1.807, 2.05) is 13.0 Å². The van der Waals surface area contributed by atoms with Crippen molar-refractivity contribution in [3.05, 3.63) is 57.7 Å². The summed E-state index contributed by atoms with van der Waals surface area (Å²) in [4.78, 5) is 12.3. The van der Waals surface area contributed by atoms with Crippen LogP contribution in [0.2, 0.25) is 10.0 Å². The maximum Gasteiger partial charge on any atom is 0.255 e. The number of benzene rings is 2. The molecule has 0 aliphatic heterocycles. The number of anilines is 1. The van der Waals surface area contributed by atoms with Crippen LogP contribution in [-0.2, 0) is 0 Å². The summed E-state index contributed by atoms with van der Waals surface area (Å²) in [7, 11) is 0. The molecule has 21 heavy (non-hydrogen) atoms. The van der Waals surface area contributed by atoms with Gasteiger partial charge in [0.05, 0.1) is 27.4 Å². The molecule has 0 bridgehead atoms. The van der Waals surface area contributed by atoms with Crippen LogP contribution < -0.4 is 5.32 Å². The van der Waals surface area contributed by atoms with Crippen molar-refractivity contribution in [1.29, 1.82) is 0 Å². The minimum absolute atomic E-state index is 0.277. The molecule has 0 fully saturated rings. The second kappa shape index (κ2) is 5.39. The Labute approximate surface area is 131 Å². The zero-order chi connectivity index (χ0) is 15.0. The van der Waals surface area contributed by atoms with Gasteiger partial charge in [0.25, 0.3) is 5.91 Å². The molecule has 3 aromatic rings. The molecule has 1 heterocycles. The fourth-order valence-corrected chi connectivity index (χ4v) is 2.50. The van der Waals surface area contributed by atoms with Crippen molar-refractivity contribution >= 4 is 45.7 Å². The second-order valence-electron chi connectivity index (χ2n) is 4.68. The summed E-state index contributed by atoms with van der Waals surface area (Å²) in [5.74, 6) is -0.277. The molecule has 0 unspecified atom stereocenters. The van der Waals surface area contributed by atoms with Gasteiger partial charge in [-0.2, -0.15) is 5.10 Å². The van der Waals surface area contributed by atoms with Crippen LogP contribution in [0.25, 0.3) is 10.9 Å². The summed E-state index contributed by atoms with van der Waals surface area (Å²) in [6.45, 7) is 1.85. The van der Waals surface area contributed by atoms with Crippen molar-refractivity contribution in [3.63, 3.8) is 0 Å². The van der Waals surface area contributed by atoms with E-state index in [1.54, 1.807) is 30.5 Å². The Hall–Kier alpha value is -2.04. The number of nitrogens with zero attached hydrogens (tertiary/aromatic N) is 1. The van der Waals surface area contributed by atoms with E-state index in [-0.39, 0.29) is 5.91 Å². The van der Waals surface area contributed by atoms with Gasteiger partial charge >= 0.3 is 0 Å². The van der Waals surface area contributed by atoms with Gasteiger partial charge in [0.1, 0.15) is 0 Å². The monoisotopic (exact) mass is 319 g/mol. The van der Waals surface area contributed by atoms with Crippen LogP contribution >= 0.6 is 23.2 Å². The lowest BCUT2D eigenvalue weighted by atomic mass is 10.1. The maximum absolute atomic E-state index is 12.3. The fraction of sp³-hybridized carbons (Fsp3) is 0.0667. The van der Waals surface area contributed by atoms with Crippen LogP contribution in [0.3, 0.4) is 0 Å². The van der Waals surface area contributed by atoms with Gasteiger partial charge in [0.15, 0.2) is 0 Å². The lowest BCUT2D eigenvalue weighted by Gasteiger charge is -2.11. The summed E-state index contributed by atoms with van der Waals surface area (Å²) in [5.41, 5.74) is 2.57. The number of carbonyl (C=O) groups excluding carboxylic acids is 1. The molecule has 1 amide bonds. The SMILES string of the molecule is Cc1ccc(Cl)c(NC(=O)c2ccc3cn[nH]c3c2)c1Cl. The molecule has 0 saturated heterocycles. The number of nitrogens with one attached hydrogen (secondary N) is 2. The summed E-state index contributed by atoms with van der Waals surface area (Å²) in [6, 6.07) is 8.79. The van der Waals surface area contributed by atoms with Gasteiger partial charge in [-0.3, -0.25) is 9.89 Å². The summed E-state index contributed by atoms with van der Waals surface area (Å²) < 4.78 is 0. The molecule has 4 nitrogen and oxygen atoms in total. The standard InChI is InChI=1S/C15H11Cl2N3O/c1-8-2-5-11(16)14(13(8)17)19-15(21)9-3-4-10-7-18-20-12(10)6-9/h2-7H,1H3,(H,18,20)(H,19,21). The van der Waals surface area contributed by atoms with Gasteiger partial charge in [0.2, 0.25) is 0 Å². The number of amides is 1. The zero-order valence-corrected chi connectivity index (χ0v) is 12.6. The lowest BCUT2D eigenvalue weighted by Crippen LogP contribution is -2.12. The fourth-order valence-electron chi connectivity index (χ4n) is 2.04. The minimum atomic E-state index is -0.277. The third-order valence-electron chi connectivity index (χ3n) is 3.23. The average Bonchev–Trinajstić information content (AvgIpc) is 2.94. The summed E-state index contributed by atoms with van der Waals surface area (Å²) in [5, 5.41) is 11.3. The predicted molar refractivity (Wildman–Crippen MR) is 85.2 cm³/mol. The van der Waals surface area contributed by atoms with Gasteiger partial charge in [-0.25, -0.2) is 0 Å². The quantitative estimate of drug-likeness (QED) is 0.734. The molecule has 106 valence electrons. The Kier molecular flexibility index (Phi) is 3.57. The smallest absolute Gasteiger partial charge is 0.255 e. The average molecular weight is 320 g/mol. The van der Waals surface area contributed by atoms with Crippen molar-refractivity contribution in [1.82, 2.24) is 10.2 Å². The van der Waals surface area contributed by atoms with E-state index in [9.17, 15) is 4.79 Å². The molecule has 6 heteroatoms. The molecule has 2 N–H and O–H groups in total. The molecule has 0 spiro atoms. The van der Waals surface area contributed by atoms with E-state index >= 15 is 0 Å². The summed E-state index contributed by atoms with van der Waals surface area (Å²) in [6.07, 6.45) is 1.70. The van der Waals surface area contributed by atoms with E-state index in [1.165, 1.54) is 0 Å². The molecule has 0 aliphatic rings. The zero-order valence-electron chi connectivity index (χ0n) is 11.1. The molecule has 0 aliphatic carbocycles. The number of aromatic amines is 1. The van der Waals surface area contributed by atoms with Gasteiger partial charge < -0.3 is 5.32 Å². The second-order valence-corrected chi connectivity index (χ2v) is 5.46. The molecule has 1 aromatic heterocycles. The van der Waals surface area contributed by atoms with E-state index < -0.39 is 0 Å². The normalized spacial score (nSPS) is 10.8. The third kappa shape index (κ3) is 2.60. The highest BCUT2D eigenvalue weighted by Gasteiger charge is 2.13. The van der Waals surface area contributed by atoms with Gasteiger partial charge in [-0.15, -0.1) is 0 Å². The lowest BCUT2D eigenvalue weighted by molar-refractivity contribution is 0.102. The number of hydrogen-bond donors (Lipinski definition) is 2. The first kappa shape index (κ1) is 13.9. The molecular formula is C15H11Cl2N3O. The van der Waals surface area contributed by atoms with E-state index in [2.05, 4.69) is 15.5 Å². The first-order valence-corrected chi connectivity index (χ1v) is 7.01. The number of aryl methyl sites for hydroxylation is 1. The number of hydrogen-bond acceptors (Lipinski definition) is 2. The number of H-pyrrole nitrogens is 1. The molecule has 3 rings (SSSR count). The minimum Gasteiger partial charge on any atom is -0.319 e. The Morgan fingerprint density at radius 3 is 2.86 bits per heavy atom. The molecule has 0 atom stereocenters. The Balaban J connectivity index is 1.94. The van der Waals surface area contributed by atoms with Crippen LogP contribution in [0.4, 0.5) is 5.69 Å². The van der Waals surface area contributed by atoms with E-state index in [0.29, 0.717) is 21.3 Å². The summed E-state index contributed by atoms with van der Waals surface area (Å²) >= 11 is 12.3. The Morgan fingerprint density at radius 1 is 1.24 bits per heavy atom. The first-order valence-electron chi connectivity index (χ1n) is 6.25. The number of carbonyl (C=O) groups is 1. The number of halogens is 2. The van der Waals surface area contributed by atoms with Crippen LogP contribution in [0.15, 0.2) is 36.5 Å². The van der Waals surface area contributed by atoms with Crippen LogP contribution in [0.5, 0.6) is 0 Å². The first-order chi connectivity index (χ1) is 10.1. The molecule has 2 aromatic carbocycles. The van der Waals surface area contributed by atoms with Crippen LogP contribution in [0, 0.1) is 6.92 Å². The van der Waals surface area contributed by atoms with Gasteiger partial charge in [-0.1, -0.05) is 35.3 Å². The highest BCUT2D eigenvalue weighted by molar-refractivity contribution is 6.40. The van der Waals surface area contributed by atoms with Crippen molar-refractivity contribution in [2.75, 3.05) is 5.32 Å². The Morgan fingerprint density at radius 2 is 2.05 bits per heavy atom. The van der Waals surface area contributed by atoms with Gasteiger partial charge in [0, 0.05) is 10.9 Å². The van der Waals surface area contributed by atoms with Crippen molar-refractivity contribution in [3.8, 4) is 0 Å². The van der Waals surface area contributed by atoms with E-state index in [0.717, 1.165) is 16.5 Å². The van der Waals surface area contributed by atoms with Crippen molar-refractivity contribution in [2.45, 2.75) is 6.92 Å². The number of aromatic nitrogens is 2.